The minimum Gasteiger partial charge on any atom is -0.340 e. The van der Waals surface area contributed by atoms with Gasteiger partial charge in [-0.25, -0.2) is 0 Å². The SMILES string of the molecule is CC#CCNC(=O)c1cnn(C)n1. The van der Waals surface area contributed by atoms with Crippen molar-refractivity contribution in [1.82, 2.24) is 20.3 Å². The number of amides is 1. The molecule has 0 aliphatic rings. The Morgan fingerprint density at radius 3 is 3.08 bits per heavy atom. The third-order valence-corrected chi connectivity index (χ3v) is 1.35. The predicted molar refractivity (Wildman–Crippen MR) is 46.8 cm³/mol. The lowest BCUT2D eigenvalue weighted by Crippen LogP contribution is -2.24. The minimum absolute atomic E-state index is 0.254. The Morgan fingerprint density at radius 1 is 1.77 bits per heavy atom. The molecular formula is C8H10N4O. The van der Waals surface area contributed by atoms with E-state index in [9.17, 15) is 4.79 Å². The van der Waals surface area contributed by atoms with Gasteiger partial charge in [0.15, 0.2) is 5.69 Å². The molecule has 1 amide bonds. The molecule has 5 nitrogen and oxygen atoms in total. The molecule has 0 spiro atoms. The van der Waals surface area contributed by atoms with Crippen LogP contribution in [-0.4, -0.2) is 27.4 Å². The van der Waals surface area contributed by atoms with E-state index in [0.717, 1.165) is 0 Å². The van der Waals surface area contributed by atoms with Gasteiger partial charge in [-0.1, -0.05) is 5.92 Å². The molecule has 1 N–H and O–H groups in total. The van der Waals surface area contributed by atoms with Gasteiger partial charge in [-0.2, -0.15) is 9.90 Å². The highest BCUT2D eigenvalue weighted by Crippen LogP contribution is 1.88. The predicted octanol–water partition coefficient (Wildman–Crippen LogP) is -0.432. The summed E-state index contributed by atoms with van der Waals surface area (Å²) in [5, 5.41) is 10.2. The van der Waals surface area contributed by atoms with Gasteiger partial charge in [0.25, 0.3) is 5.91 Å². The molecule has 5 heteroatoms. The van der Waals surface area contributed by atoms with Crippen LogP contribution in [0.25, 0.3) is 0 Å². The van der Waals surface area contributed by atoms with Gasteiger partial charge in [0.2, 0.25) is 0 Å². The number of nitrogens with one attached hydrogen (secondary N) is 1. The molecule has 0 fully saturated rings. The average molecular weight is 178 g/mol. The van der Waals surface area contributed by atoms with Gasteiger partial charge in [-0.15, -0.1) is 11.0 Å². The van der Waals surface area contributed by atoms with Crippen LogP contribution in [0, 0.1) is 11.8 Å². The third-order valence-electron chi connectivity index (χ3n) is 1.35. The van der Waals surface area contributed by atoms with Crippen molar-refractivity contribution in [2.45, 2.75) is 6.92 Å². The number of nitrogens with zero attached hydrogens (tertiary/aromatic N) is 3. The maximum Gasteiger partial charge on any atom is 0.274 e. The van der Waals surface area contributed by atoms with Crippen LogP contribution in [0.1, 0.15) is 17.4 Å². The van der Waals surface area contributed by atoms with Crippen molar-refractivity contribution in [3.8, 4) is 11.8 Å². The van der Waals surface area contributed by atoms with Crippen molar-refractivity contribution >= 4 is 5.91 Å². The van der Waals surface area contributed by atoms with E-state index in [1.807, 2.05) is 0 Å². The highest BCUT2D eigenvalue weighted by molar-refractivity contribution is 5.91. The molecule has 1 aromatic rings. The monoisotopic (exact) mass is 178 g/mol. The zero-order chi connectivity index (χ0) is 9.68. The molecule has 0 aromatic carbocycles. The van der Waals surface area contributed by atoms with Crippen LogP contribution >= 0.6 is 0 Å². The average Bonchev–Trinajstić information content (AvgIpc) is 2.52. The van der Waals surface area contributed by atoms with Gasteiger partial charge in [-0.05, 0) is 6.92 Å². The molecule has 0 aliphatic heterocycles. The van der Waals surface area contributed by atoms with E-state index in [0.29, 0.717) is 12.2 Å². The van der Waals surface area contributed by atoms with Crippen molar-refractivity contribution in [2.24, 2.45) is 7.05 Å². The molecule has 0 aliphatic carbocycles. The summed E-state index contributed by atoms with van der Waals surface area (Å²) >= 11 is 0. The second-order valence-electron chi connectivity index (χ2n) is 2.33. The van der Waals surface area contributed by atoms with Gasteiger partial charge in [0.05, 0.1) is 12.7 Å². The lowest BCUT2D eigenvalue weighted by molar-refractivity contribution is 0.0953. The molecule has 0 saturated carbocycles. The van der Waals surface area contributed by atoms with Gasteiger partial charge >= 0.3 is 0 Å². The maximum atomic E-state index is 11.2. The topological polar surface area (TPSA) is 59.8 Å². The third kappa shape index (κ3) is 2.60. The Morgan fingerprint density at radius 2 is 2.54 bits per heavy atom. The Labute approximate surface area is 76.1 Å². The first kappa shape index (κ1) is 9.26. The second kappa shape index (κ2) is 4.26. The number of carbonyl (C=O) groups is 1. The van der Waals surface area contributed by atoms with Crippen LogP contribution in [-0.2, 0) is 7.05 Å². The molecule has 0 saturated heterocycles. The molecule has 1 aromatic heterocycles. The maximum absolute atomic E-state index is 11.2. The fraction of sp³-hybridized carbons (Fsp3) is 0.375. The van der Waals surface area contributed by atoms with Crippen LogP contribution < -0.4 is 5.32 Å². The highest BCUT2D eigenvalue weighted by atomic mass is 16.2. The van der Waals surface area contributed by atoms with Crippen molar-refractivity contribution in [3.05, 3.63) is 11.9 Å². The van der Waals surface area contributed by atoms with E-state index < -0.39 is 0 Å². The number of rotatable bonds is 2. The number of hydrogen-bond donors (Lipinski definition) is 1. The van der Waals surface area contributed by atoms with Crippen LogP contribution in [0.5, 0.6) is 0 Å². The molecule has 1 rings (SSSR count). The van der Waals surface area contributed by atoms with E-state index in [1.165, 1.54) is 11.0 Å². The number of hydrogen-bond acceptors (Lipinski definition) is 3. The molecular weight excluding hydrogens is 168 g/mol. The molecule has 13 heavy (non-hydrogen) atoms. The van der Waals surface area contributed by atoms with E-state index in [-0.39, 0.29) is 5.91 Å². The summed E-state index contributed by atoms with van der Waals surface area (Å²) in [5.74, 6) is 5.14. The number of aromatic nitrogens is 3. The van der Waals surface area contributed by atoms with Crippen molar-refractivity contribution in [3.63, 3.8) is 0 Å². The lowest BCUT2D eigenvalue weighted by Gasteiger charge is -1.94. The summed E-state index contributed by atoms with van der Waals surface area (Å²) < 4.78 is 0. The first-order valence-corrected chi connectivity index (χ1v) is 3.78. The number of carbonyl (C=O) groups excluding carboxylic acids is 1. The van der Waals surface area contributed by atoms with E-state index in [4.69, 9.17) is 0 Å². The molecule has 0 unspecified atom stereocenters. The van der Waals surface area contributed by atoms with Crippen LogP contribution in [0.2, 0.25) is 0 Å². The Bertz CT molecular complexity index is 358. The molecule has 68 valence electrons. The summed E-state index contributed by atoms with van der Waals surface area (Å²) in [6, 6.07) is 0. The Hall–Kier alpha value is -1.83. The van der Waals surface area contributed by atoms with Crippen LogP contribution in [0.3, 0.4) is 0 Å². The fourth-order valence-electron chi connectivity index (χ4n) is 0.753. The molecule has 1 heterocycles. The smallest absolute Gasteiger partial charge is 0.274 e. The van der Waals surface area contributed by atoms with E-state index in [1.54, 1.807) is 14.0 Å². The largest absolute Gasteiger partial charge is 0.340 e. The summed E-state index contributed by atoms with van der Waals surface area (Å²) in [6.45, 7) is 2.06. The van der Waals surface area contributed by atoms with Gasteiger partial charge in [-0.3, -0.25) is 4.79 Å². The standard InChI is InChI=1S/C8H10N4O/c1-3-4-5-9-8(13)7-6-10-12(2)11-7/h6H,5H2,1-2H3,(H,9,13). The fourth-order valence-corrected chi connectivity index (χ4v) is 0.753. The lowest BCUT2D eigenvalue weighted by atomic mass is 10.4. The first-order valence-electron chi connectivity index (χ1n) is 3.78. The van der Waals surface area contributed by atoms with Crippen molar-refractivity contribution in [1.29, 1.82) is 0 Å². The van der Waals surface area contributed by atoms with Crippen molar-refractivity contribution in [2.75, 3.05) is 6.54 Å². The Balaban J connectivity index is 2.52. The summed E-state index contributed by atoms with van der Waals surface area (Å²) in [7, 11) is 1.66. The highest BCUT2D eigenvalue weighted by Gasteiger charge is 2.07. The zero-order valence-corrected chi connectivity index (χ0v) is 7.53. The summed E-state index contributed by atoms with van der Waals surface area (Å²) in [4.78, 5) is 12.6. The van der Waals surface area contributed by atoms with E-state index in [2.05, 4.69) is 27.4 Å². The molecule has 0 bridgehead atoms. The number of aryl methyl sites for hydroxylation is 1. The Kier molecular flexibility index (Phi) is 3.03. The summed E-state index contributed by atoms with van der Waals surface area (Å²) in [6.07, 6.45) is 1.41. The molecule has 0 atom stereocenters. The summed E-state index contributed by atoms with van der Waals surface area (Å²) in [5.41, 5.74) is 0.306. The van der Waals surface area contributed by atoms with Gasteiger partial charge < -0.3 is 5.32 Å². The van der Waals surface area contributed by atoms with Crippen molar-refractivity contribution < 1.29 is 4.79 Å². The van der Waals surface area contributed by atoms with Crippen LogP contribution in [0.15, 0.2) is 6.20 Å². The molecule has 0 radical (unpaired) electrons. The second-order valence-corrected chi connectivity index (χ2v) is 2.33. The quantitative estimate of drug-likeness (QED) is 0.625. The van der Waals surface area contributed by atoms with Crippen LogP contribution in [0.4, 0.5) is 0 Å². The zero-order valence-electron chi connectivity index (χ0n) is 7.53. The minimum atomic E-state index is -0.254. The van der Waals surface area contributed by atoms with E-state index >= 15 is 0 Å². The first-order chi connectivity index (χ1) is 6.24. The van der Waals surface area contributed by atoms with Gasteiger partial charge in [0, 0.05) is 7.05 Å². The van der Waals surface area contributed by atoms with Gasteiger partial charge in [0.1, 0.15) is 0 Å². The normalized spacial score (nSPS) is 8.77.